The van der Waals surface area contributed by atoms with Gasteiger partial charge in [-0.05, 0) is 78.9 Å². The van der Waals surface area contributed by atoms with Crippen molar-refractivity contribution in [1.29, 1.82) is 0 Å². The zero-order chi connectivity index (χ0) is 25.2. The number of amides is 2. The van der Waals surface area contributed by atoms with Gasteiger partial charge < -0.3 is 15.6 Å². The van der Waals surface area contributed by atoms with Gasteiger partial charge in [0.1, 0.15) is 5.65 Å². The lowest BCUT2D eigenvalue weighted by Gasteiger charge is -2.12. The number of anilines is 2. The zero-order valence-corrected chi connectivity index (χ0v) is 19.1. The molecule has 4 rings (SSSR count). The van der Waals surface area contributed by atoms with E-state index in [4.69, 9.17) is 0 Å². The topological polar surface area (TPSA) is 86.9 Å². The molecule has 180 valence electrons. The third-order valence-electron chi connectivity index (χ3n) is 5.64. The highest BCUT2D eigenvalue weighted by atomic mass is 19.4. The molecule has 6 nitrogen and oxygen atoms in total. The molecule has 2 aromatic carbocycles. The van der Waals surface area contributed by atoms with Crippen molar-refractivity contribution in [1.82, 2.24) is 9.97 Å². The highest BCUT2D eigenvalue weighted by molar-refractivity contribution is 6.00. The number of pyridine rings is 1. The molecule has 0 aliphatic rings. The lowest BCUT2D eigenvalue weighted by Crippen LogP contribution is -2.20. The molecule has 0 radical (unpaired) electrons. The summed E-state index contributed by atoms with van der Waals surface area (Å²) in [6, 6.07) is 13.1. The van der Waals surface area contributed by atoms with Crippen molar-refractivity contribution < 1.29 is 22.8 Å². The number of ketones is 1. The second kappa shape index (κ2) is 9.61. The van der Waals surface area contributed by atoms with E-state index in [2.05, 4.69) is 20.6 Å². The highest BCUT2D eigenvalue weighted by Crippen LogP contribution is 2.30. The number of Topliss-reactive ketones (excluding diaryl/α,β-unsaturated/α-hetero) is 1. The number of aromatic amines is 1. The van der Waals surface area contributed by atoms with Gasteiger partial charge in [0.2, 0.25) is 0 Å². The Kier molecular flexibility index (Phi) is 6.59. The average Bonchev–Trinajstić information content (AvgIpc) is 3.23. The lowest BCUT2D eigenvalue weighted by atomic mass is 10.0. The number of H-pyrrole nitrogens is 1. The molecular weight excluding hydrogens is 457 g/mol. The minimum absolute atomic E-state index is 0.0465. The number of nitrogens with zero attached hydrogens (tertiary/aromatic N) is 1. The van der Waals surface area contributed by atoms with Crippen molar-refractivity contribution >= 4 is 34.2 Å². The molecule has 0 aliphatic heterocycles. The summed E-state index contributed by atoms with van der Waals surface area (Å²) in [5.74, 6) is -0.0541. The maximum Gasteiger partial charge on any atom is 0.416 e. The molecule has 0 atom stereocenters. The number of urea groups is 1. The van der Waals surface area contributed by atoms with E-state index in [0.717, 1.165) is 34.2 Å². The van der Waals surface area contributed by atoms with E-state index in [0.29, 0.717) is 29.9 Å². The maximum atomic E-state index is 12.9. The van der Waals surface area contributed by atoms with E-state index in [1.165, 1.54) is 19.1 Å². The number of nitrogens with one attached hydrogen (secondary N) is 3. The molecule has 35 heavy (non-hydrogen) atoms. The number of hydrogen-bond acceptors (Lipinski definition) is 3. The Bertz CT molecular complexity index is 1410. The molecule has 9 heteroatoms. The van der Waals surface area contributed by atoms with Gasteiger partial charge in [-0.3, -0.25) is 4.79 Å². The van der Waals surface area contributed by atoms with Crippen LogP contribution in [0.4, 0.5) is 29.3 Å². The molecule has 4 aromatic rings. The fourth-order valence-electron chi connectivity index (χ4n) is 3.75. The third kappa shape index (κ3) is 5.87. The van der Waals surface area contributed by atoms with Gasteiger partial charge in [-0.2, -0.15) is 13.2 Å². The van der Waals surface area contributed by atoms with Gasteiger partial charge in [-0.25, -0.2) is 9.78 Å². The van der Waals surface area contributed by atoms with Crippen LogP contribution in [-0.2, 0) is 19.0 Å². The first kappa shape index (κ1) is 24.0. The van der Waals surface area contributed by atoms with E-state index >= 15 is 0 Å². The van der Waals surface area contributed by atoms with Crippen LogP contribution in [0.1, 0.15) is 39.7 Å². The van der Waals surface area contributed by atoms with E-state index in [1.54, 1.807) is 18.3 Å². The molecule has 0 saturated heterocycles. The Balaban J connectivity index is 1.42. The number of rotatable bonds is 6. The largest absolute Gasteiger partial charge is 0.416 e. The van der Waals surface area contributed by atoms with Gasteiger partial charge in [-0.15, -0.1) is 0 Å². The molecule has 0 fully saturated rings. The molecular formula is C26H23F3N4O2. The summed E-state index contributed by atoms with van der Waals surface area (Å²) in [6.07, 6.45) is -1.34. The number of halogens is 3. The summed E-state index contributed by atoms with van der Waals surface area (Å²) in [7, 11) is 0. The van der Waals surface area contributed by atoms with Crippen LogP contribution in [0.3, 0.4) is 0 Å². The molecule has 0 saturated carbocycles. The number of fused-ring (bicyclic) bond motifs is 1. The van der Waals surface area contributed by atoms with Gasteiger partial charge in [0, 0.05) is 29.9 Å². The SMILES string of the molecule is CC(=O)c1cc2cc(CCc3cc(NC(=O)Nc4cccc(C(F)(F)F)c4)ccc3C)cnc2[nH]1. The molecule has 0 unspecified atom stereocenters. The summed E-state index contributed by atoms with van der Waals surface area (Å²) in [5, 5.41) is 5.98. The molecule has 0 aliphatic carbocycles. The van der Waals surface area contributed by atoms with Crippen LogP contribution in [0.5, 0.6) is 0 Å². The fourth-order valence-corrected chi connectivity index (χ4v) is 3.75. The van der Waals surface area contributed by atoms with E-state index in [9.17, 15) is 22.8 Å². The summed E-state index contributed by atoms with van der Waals surface area (Å²) < 4.78 is 38.7. The van der Waals surface area contributed by atoms with Crippen LogP contribution < -0.4 is 10.6 Å². The lowest BCUT2D eigenvalue weighted by molar-refractivity contribution is -0.137. The average molecular weight is 480 g/mol. The monoisotopic (exact) mass is 480 g/mol. The number of carbonyl (C=O) groups is 2. The smallest absolute Gasteiger partial charge is 0.337 e. The van der Waals surface area contributed by atoms with Crippen molar-refractivity contribution in [3.63, 3.8) is 0 Å². The van der Waals surface area contributed by atoms with E-state index in [-0.39, 0.29) is 11.5 Å². The van der Waals surface area contributed by atoms with E-state index in [1.807, 2.05) is 25.1 Å². The zero-order valence-electron chi connectivity index (χ0n) is 19.1. The maximum absolute atomic E-state index is 12.9. The second-order valence-corrected chi connectivity index (χ2v) is 8.32. The first-order valence-electron chi connectivity index (χ1n) is 10.9. The summed E-state index contributed by atoms with van der Waals surface area (Å²) in [5.41, 5.74) is 3.98. The van der Waals surface area contributed by atoms with Crippen LogP contribution in [0.2, 0.25) is 0 Å². The predicted octanol–water partition coefficient (Wildman–Crippen LogP) is 6.52. The molecule has 2 aromatic heterocycles. The quantitative estimate of drug-likeness (QED) is 0.275. The minimum Gasteiger partial charge on any atom is -0.337 e. The first-order chi connectivity index (χ1) is 16.6. The van der Waals surface area contributed by atoms with Crippen molar-refractivity contribution in [2.75, 3.05) is 10.6 Å². The van der Waals surface area contributed by atoms with Crippen molar-refractivity contribution in [3.8, 4) is 0 Å². The van der Waals surface area contributed by atoms with E-state index < -0.39 is 17.8 Å². The Labute approximate surface area is 199 Å². The second-order valence-electron chi connectivity index (χ2n) is 8.32. The Morgan fingerprint density at radius 1 is 0.971 bits per heavy atom. The van der Waals surface area contributed by atoms with Crippen molar-refractivity contribution in [3.05, 3.63) is 88.7 Å². The standard InChI is InChI=1S/C26H23F3N4O2/c1-15-6-9-22(32-25(35)31-21-5-3-4-20(13-21)26(27,28)29)11-18(15)8-7-17-10-19-12-23(16(2)34)33-24(19)30-14-17/h3-6,9-14H,7-8H2,1-2H3,(H,30,33)(H2,31,32,35). The number of hydrogen-bond donors (Lipinski definition) is 3. The van der Waals surface area contributed by atoms with Crippen LogP contribution in [-0.4, -0.2) is 21.8 Å². The predicted molar refractivity (Wildman–Crippen MR) is 129 cm³/mol. The first-order valence-corrected chi connectivity index (χ1v) is 10.9. The summed E-state index contributed by atoms with van der Waals surface area (Å²) >= 11 is 0. The number of alkyl halides is 3. The van der Waals surface area contributed by atoms with Crippen LogP contribution in [0.15, 0.2) is 60.8 Å². The minimum atomic E-state index is -4.49. The Morgan fingerprint density at radius 3 is 2.43 bits per heavy atom. The number of benzene rings is 2. The van der Waals surface area contributed by atoms with Gasteiger partial charge in [-0.1, -0.05) is 12.1 Å². The van der Waals surface area contributed by atoms with Crippen molar-refractivity contribution in [2.45, 2.75) is 32.9 Å². The Morgan fingerprint density at radius 2 is 1.71 bits per heavy atom. The highest BCUT2D eigenvalue weighted by Gasteiger charge is 2.30. The summed E-state index contributed by atoms with van der Waals surface area (Å²) in [6.45, 7) is 3.46. The molecule has 0 bridgehead atoms. The number of aryl methyl sites for hydroxylation is 3. The number of carbonyl (C=O) groups excluding carboxylic acids is 2. The summed E-state index contributed by atoms with van der Waals surface area (Å²) in [4.78, 5) is 31.3. The van der Waals surface area contributed by atoms with Crippen molar-refractivity contribution in [2.24, 2.45) is 0 Å². The molecule has 0 spiro atoms. The van der Waals surface area contributed by atoms with Gasteiger partial charge >= 0.3 is 12.2 Å². The van der Waals surface area contributed by atoms with Gasteiger partial charge in [0.05, 0.1) is 11.3 Å². The van der Waals surface area contributed by atoms with Crippen LogP contribution in [0, 0.1) is 6.92 Å². The Hall–Kier alpha value is -4.14. The van der Waals surface area contributed by atoms with Gasteiger partial charge in [0.15, 0.2) is 5.78 Å². The molecule has 2 heterocycles. The van der Waals surface area contributed by atoms with Gasteiger partial charge in [0.25, 0.3) is 0 Å². The molecule has 3 N–H and O–H groups in total. The van der Waals surface area contributed by atoms with Crippen LogP contribution in [0.25, 0.3) is 11.0 Å². The fraction of sp³-hybridized carbons (Fsp3) is 0.192. The normalized spacial score (nSPS) is 11.5. The third-order valence-corrected chi connectivity index (χ3v) is 5.64. The molecule has 2 amide bonds. The van der Waals surface area contributed by atoms with Crippen LogP contribution >= 0.6 is 0 Å². The number of aromatic nitrogens is 2.